The second-order valence-corrected chi connectivity index (χ2v) is 8.63. The van der Waals surface area contributed by atoms with Crippen LogP contribution in [-0.4, -0.2) is 73.1 Å². The van der Waals surface area contributed by atoms with Gasteiger partial charge in [-0.3, -0.25) is 19.3 Å². The predicted molar refractivity (Wildman–Crippen MR) is 117 cm³/mol. The van der Waals surface area contributed by atoms with Crippen molar-refractivity contribution < 1.29 is 14.3 Å². The summed E-state index contributed by atoms with van der Waals surface area (Å²) in [5.74, 6) is 0.0147. The van der Waals surface area contributed by atoms with E-state index < -0.39 is 0 Å². The number of nitrogens with zero attached hydrogens (tertiary/aromatic N) is 6. The first-order chi connectivity index (χ1) is 15.7. The van der Waals surface area contributed by atoms with E-state index in [1.54, 1.807) is 22.1 Å². The standard InChI is InChI=1S/C23H32N6O3/c30-22(10-6-12-28-18-24-17-26-28)27-13-21(32-16-19-7-4-5-11-25-19)14-29(23(31)15-27)20-8-2-1-3-9-20/h4-5,7,11,17-18,20-21H,1-3,6,8-10,12-16H2/t21-/m1/s1. The van der Waals surface area contributed by atoms with Gasteiger partial charge in [0.1, 0.15) is 12.7 Å². The maximum atomic E-state index is 13.2. The number of hydrogen-bond donors (Lipinski definition) is 0. The van der Waals surface area contributed by atoms with E-state index in [2.05, 4.69) is 15.1 Å². The predicted octanol–water partition coefficient (Wildman–Crippen LogP) is 2.04. The topological polar surface area (TPSA) is 93.5 Å². The van der Waals surface area contributed by atoms with Crippen LogP contribution in [0.2, 0.25) is 0 Å². The lowest BCUT2D eigenvalue weighted by Gasteiger charge is -2.34. The fourth-order valence-corrected chi connectivity index (χ4v) is 4.57. The van der Waals surface area contributed by atoms with Gasteiger partial charge in [-0.15, -0.1) is 0 Å². The lowest BCUT2D eigenvalue weighted by molar-refractivity contribution is -0.140. The van der Waals surface area contributed by atoms with Crippen molar-refractivity contribution in [1.29, 1.82) is 0 Å². The molecular weight excluding hydrogens is 408 g/mol. The smallest absolute Gasteiger partial charge is 0.242 e. The molecule has 0 spiro atoms. The van der Waals surface area contributed by atoms with Gasteiger partial charge in [0.25, 0.3) is 0 Å². The Morgan fingerprint density at radius 3 is 2.78 bits per heavy atom. The van der Waals surface area contributed by atoms with Gasteiger partial charge < -0.3 is 14.5 Å². The minimum Gasteiger partial charge on any atom is -0.368 e. The zero-order valence-corrected chi connectivity index (χ0v) is 18.5. The number of pyridine rings is 1. The van der Waals surface area contributed by atoms with Crippen molar-refractivity contribution in [2.24, 2.45) is 0 Å². The highest BCUT2D eigenvalue weighted by Gasteiger charge is 2.34. The van der Waals surface area contributed by atoms with Crippen molar-refractivity contribution in [3.63, 3.8) is 0 Å². The minimum absolute atomic E-state index is 0.0182. The molecule has 1 aliphatic heterocycles. The number of aryl methyl sites for hydroxylation is 1. The van der Waals surface area contributed by atoms with Crippen molar-refractivity contribution in [2.75, 3.05) is 19.6 Å². The van der Waals surface area contributed by atoms with Crippen molar-refractivity contribution in [2.45, 2.75) is 70.2 Å². The molecule has 9 heteroatoms. The molecule has 0 bridgehead atoms. The molecule has 2 amide bonds. The Hall–Kier alpha value is -2.81. The molecule has 0 N–H and O–H groups in total. The van der Waals surface area contributed by atoms with Crippen LogP contribution in [0.3, 0.4) is 0 Å². The van der Waals surface area contributed by atoms with Gasteiger partial charge in [0.05, 0.1) is 24.9 Å². The molecule has 172 valence electrons. The molecule has 0 radical (unpaired) electrons. The molecule has 1 atom stereocenters. The Balaban J connectivity index is 1.40. The molecule has 2 fully saturated rings. The van der Waals surface area contributed by atoms with Gasteiger partial charge in [0.15, 0.2) is 0 Å². The van der Waals surface area contributed by atoms with Gasteiger partial charge >= 0.3 is 0 Å². The van der Waals surface area contributed by atoms with E-state index in [1.807, 2.05) is 23.1 Å². The summed E-state index contributed by atoms with van der Waals surface area (Å²) in [6.45, 7) is 2.07. The van der Waals surface area contributed by atoms with E-state index in [0.717, 1.165) is 31.4 Å². The van der Waals surface area contributed by atoms with Gasteiger partial charge in [-0.25, -0.2) is 4.98 Å². The molecule has 3 heterocycles. The molecule has 1 saturated heterocycles. The molecule has 2 aromatic rings. The minimum atomic E-state index is -0.232. The maximum Gasteiger partial charge on any atom is 0.242 e. The normalized spacial score (nSPS) is 20.4. The number of ether oxygens (including phenoxy) is 1. The van der Waals surface area contributed by atoms with E-state index >= 15 is 0 Å². The van der Waals surface area contributed by atoms with Gasteiger partial charge in [-0.1, -0.05) is 25.3 Å². The third-order valence-corrected chi connectivity index (χ3v) is 6.28. The molecule has 4 rings (SSSR count). The zero-order chi connectivity index (χ0) is 22.2. The number of aromatic nitrogens is 4. The average molecular weight is 441 g/mol. The fourth-order valence-electron chi connectivity index (χ4n) is 4.57. The zero-order valence-electron chi connectivity index (χ0n) is 18.5. The Labute approximate surface area is 188 Å². The molecular formula is C23H32N6O3. The van der Waals surface area contributed by atoms with Crippen molar-refractivity contribution in [3.05, 3.63) is 42.7 Å². The van der Waals surface area contributed by atoms with Crippen molar-refractivity contribution >= 4 is 11.8 Å². The van der Waals surface area contributed by atoms with Gasteiger partial charge in [0.2, 0.25) is 11.8 Å². The van der Waals surface area contributed by atoms with Crippen LogP contribution in [0.1, 0.15) is 50.6 Å². The Morgan fingerprint density at radius 1 is 1.16 bits per heavy atom. The van der Waals surface area contributed by atoms with Crippen LogP contribution in [0.5, 0.6) is 0 Å². The Morgan fingerprint density at radius 2 is 2.03 bits per heavy atom. The Bertz CT molecular complexity index is 854. The van der Waals surface area contributed by atoms with Crippen LogP contribution >= 0.6 is 0 Å². The van der Waals surface area contributed by atoms with Crippen LogP contribution in [0.15, 0.2) is 37.1 Å². The Kier molecular flexibility index (Phi) is 7.82. The second kappa shape index (κ2) is 11.2. The lowest BCUT2D eigenvalue weighted by Crippen LogP contribution is -2.46. The summed E-state index contributed by atoms with van der Waals surface area (Å²) in [6, 6.07) is 5.98. The molecule has 2 aromatic heterocycles. The first kappa shape index (κ1) is 22.4. The SMILES string of the molecule is O=C(CCCn1cncn1)N1CC(=O)N(C2CCCCC2)C[C@H](OCc2ccccn2)C1. The second-order valence-electron chi connectivity index (χ2n) is 8.63. The molecule has 0 unspecified atom stereocenters. The first-order valence-electron chi connectivity index (χ1n) is 11.6. The highest BCUT2D eigenvalue weighted by atomic mass is 16.5. The van der Waals surface area contributed by atoms with E-state index in [-0.39, 0.29) is 30.5 Å². The van der Waals surface area contributed by atoms with Crippen LogP contribution in [0.4, 0.5) is 0 Å². The van der Waals surface area contributed by atoms with Gasteiger partial charge in [0, 0.05) is 38.3 Å². The molecule has 1 saturated carbocycles. The fraction of sp³-hybridized carbons (Fsp3) is 0.609. The van der Waals surface area contributed by atoms with Crippen molar-refractivity contribution in [1.82, 2.24) is 29.5 Å². The average Bonchev–Trinajstić information content (AvgIpc) is 3.28. The highest BCUT2D eigenvalue weighted by Crippen LogP contribution is 2.25. The van der Waals surface area contributed by atoms with E-state index in [1.165, 1.54) is 12.7 Å². The summed E-state index contributed by atoms with van der Waals surface area (Å²) in [7, 11) is 0. The molecule has 2 aliphatic rings. The third kappa shape index (κ3) is 6.12. The number of amides is 2. The summed E-state index contributed by atoms with van der Waals surface area (Å²) >= 11 is 0. The highest BCUT2D eigenvalue weighted by molar-refractivity contribution is 5.85. The molecule has 0 aromatic carbocycles. The summed E-state index contributed by atoms with van der Waals surface area (Å²) < 4.78 is 7.90. The quantitative estimate of drug-likeness (QED) is 0.624. The summed E-state index contributed by atoms with van der Waals surface area (Å²) in [5, 5.41) is 4.07. The number of carbonyl (C=O) groups is 2. The molecule has 1 aliphatic carbocycles. The summed E-state index contributed by atoms with van der Waals surface area (Å²) in [6.07, 6.45) is 11.3. The third-order valence-electron chi connectivity index (χ3n) is 6.28. The largest absolute Gasteiger partial charge is 0.368 e. The number of rotatable bonds is 8. The van der Waals surface area contributed by atoms with Crippen LogP contribution < -0.4 is 0 Å². The summed E-state index contributed by atoms with van der Waals surface area (Å²) in [4.78, 5) is 38.0. The molecule has 32 heavy (non-hydrogen) atoms. The van der Waals surface area contributed by atoms with Gasteiger partial charge in [-0.2, -0.15) is 5.10 Å². The van der Waals surface area contributed by atoms with Crippen LogP contribution in [0.25, 0.3) is 0 Å². The number of hydrogen-bond acceptors (Lipinski definition) is 6. The van der Waals surface area contributed by atoms with Crippen molar-refractivity contribution in [3.8, 4) is 0 Å². The first-order valence-corrected chi connectivity index (χ1v) is 11.6. The van der Waals surface area contributed by atoms with Crippen LogP contribution in [0, 0.1) is 0 Å². The number of carbonyl (C=O) groups excluding carboxylic acids is 2. The van der Waals surface area contributed by atoms with E-state index in [9.17, 15) is 9.59 Å². The van der Waals surface area contributed by atoms with Gasteiger partial charge in [-0.05, 0) is 31.4 Å². The monoisotopic (exact) mass is 440 g/mol. The summed E-state index contributed by atoms with van der Waals surface area (Å²) in [5.41, 5.74) is 0.845. The van der Waals surface area contributed by atoms with E-state index in [4.69, 9.17) is 4.74 Å². The maximum absolute atomic E-state index is 13.2. The molecule has 9 nitrogen and oxygen atoms in total. The van der Waals surface area contributed by atoms with E-state index in [0.29, 0.717) is 39.1 Å². The van der Waals surface area contributed by atoms with Crippen LogP contribution in [-0.2, 0) is 27.5 Å². The lowest BCUT2D eigenvalue weighted by atomic mass is 9.94.